The summed E-state index contributed by atoms with van der Waals surface area (Å²) in [4.78, 5) is 5.91. The van der Waals surface area contributed by atoms with Crippen molar-refractivity contribution in [3.63, 3.8) is 0 Å². The van der Waals surface area contributed by atoms with Gasteiger partial charge in [0.1, 0.15) is 5.75 Å². The van der Waals surface area contributed by atoms with Gasteiger partial charge in [0.15, 0.2) is 0 Å². The molecule has 0 fully saturated rings. The number of aromatic nitrogens is 1. The molecular weight excluding hydrogens is 280 g/mol. The summed E-state index contributed by atoms with van der Waals surface area (Å²) in [5.41, 5.74) is 8.02. The molecule has 3 nitrogen and oxygen atoms in total. The van der Waals surface area contributed by atoms with Crippen LogP contribution < -0.4 is 10.5 Å². The Labute approximate surface area is 131 Å². The first-order valence-corrected chi connectivity index (χ1v) is 8.41. The molecule has 21 heavy (non-hydrogen) atoms. The van der Waals surface area contributed by atoms with Gasteiger partial charge in [-0.1, -0.05) is 25.5 Å². The van der Waals surface area contributed by atoms with Crippen LogP contribution in [-0.2, 0) is 12.8 Å². The van der Waals surface area contributed by atoms with Gasteiger partial charge in [-0.15, -0.1) is 11.3 Å². The lowest BCUT2D eigenvalue weighted by atomic mass is 10.1. The fraction of sp³-hybridized carbons (Fsp3) is 0.471. The summed E-state index contributed by atoms with van der Waals surface area (Å²) >= 11 is 1.78. The van der Waals surface area contributed by atoms with E-state index in [0.29, 0.717) is 6.54 Å². The van der Waals surface area contributed by atoms with Gasteiger partial charge < -0.3 is 10.5 Å². The first-order chi connectivity index (χ1) is 10.2. The Morgan fingerprint density at radius 3 is 2.67 bits per heavy atom. The van der Waals surface area contributed by atoms with Crippen molar-refractivity contribution in [1.29, 1.82) is 0 Å². The molecule has 0 aliphatic heterocycles. The Balaban J connectivity index is 1.96. The van der Waals surface area contributed by atoms with E-state index in [1.54, 1.807) is 11.3 Å². The zero-order valence-electron chi connectivity index (χ0n) is 12.9. The molecule has 0 aliphatic carbocycles. The van der Waals surface area contributed by atoms with Crippen molar-refractivity contribution in [2.24, 2.45) is 5.73 Å². The highest BCUT2D eigenvalue weighted by Crippen LogP contribution is 2.23. The van der Waals surface area contributed by atoms with Crippen molar-refractivity contribution in [1.82, 2.24) is 4.98 Å². The van der Waals surface area contributed by atoms with E-state index in [4.69, 9.17) is 10.5 Å². The molecule has 0 bridgehead atoms. The van der Waals surface area contributed by atoms with Crippen molar-refractivity contribution in [2.75, 3.05) is 13.2 Å². The first kappa shape index (κ1) is 16.0. The van der Waals surface area contributed by atoms with Crippen molar-refractivity contribution < 1.29 is 4.74 Å². The molecule has 4 heteroatoms. The highest BCUT2D eigenvalue weighted by molar-refractivity contribution is 7.11. The largest absolute Gasteiger partial charge is 0.494 e. The predicted molar refractivity (Wildman–Crippen MR) is 89.3 cm³/mol. The van der Waals surface area contributed by atoms with Gasteiger partial charge in [0.05, 0.1) is 17.3 Å². The van der Waals surface area contributed by atoms with Crippen LogP contribution in [0.4, 0.5) is 0 Å². The topological polar surface area (TPSA) is 48.1 Å². The van der Waals surface area contributed by atoms with Crippen molar-refractivity contribution in [3.8, 4) is 5.75 Å². The summed E-state index contributed by atoms with van der Waals surface area (Å²) in [6.07, 6.45) is 4.07. The summed E-state index contributed by atoms with van der Waals surface area (Å²) in [5, 5.41) is 1.14. The Morgan fingerprint density at radius 1 is 1.24 bits per heavy atom. The number of thiazole rings is 1. The Morgan fingerprint density at radius 2 is 2.00 bits per heavy atom. The van der Waals surface area contributed by atoms with Gasteiger partial charge in [0, 0.05) is 17.7 Å². The highest BCUT2D eigenvalue weighted by atomic mass is 32.1. The molecule has 0 spiro atoms. The van der Waals surface area contributed by atoms with Gasteiger partial charge in [-0.3, -0.25) is 0 Å². The number of rotatable bonds is 8. The van der Waals surface area contributed by atoms with Gasteiger partial charge in [0.2, 0.25) is 0 Å². The van der Waals surface area contributed by atoms with Crippen LogP contribution in [0, 0.1) is 6.92 Å². The molecular formula is C17H24N2OS. The fourth-order valence-corrected chi connectivity index (χ4v) is 3.23. The highest BCUT2D eigenvalue weighted by Gasteiger charge is 2.08. The van der Waals surface area contributed by atoms with Crippen molar-refractivity contribution in [3.05, 3.63) is 45.4 Å². The van der Waals surface area contributed by atoms with Crippen LogP contribution in [0.1, 0.15) is 40.9 Å². The van der Waals surface area contributed by atoms with E-state index in [-0.39, 0.29) is 0 Å². The standard InChI is InChI=1S/C17H24N2OS/c1-3-4-11-20-15-7-5-14(6-8-15)12-16-13(2)19-17(21-16)9-10-18/h5-8H,3-4,9-12,18H2,1-2H3. The molecule has 1 heterocycles. The van der Waals surface area contributed by atoms with E-state index in [2.05, 4.69) is 43.1 Å². The first-order valence-electron chi connectivity index (χ1n) is 7.60. The molecule has 1 aromatic carbocycles. The molecule has 0 atom stereocenters. The number of nitrogens with zero attached hydrogens (tertiary/aromatic N) is 1. The summed E-state index contributed by atoms with van der Waals surface area (Å²) in [6.45, 7) is 5.71. The monoisotopic (exact) mass is 304 g/mol. The average Bonchev–Trinajstić information content (AvgIpc) is 2.81. The third-order valence-electron chi connectivity index (χ3n) is 3.35. The van der Waals surface area contributed by atoms with Crippen LogP contribution in [0.3, 0.4) is 0 Å². The number of nitrogens with two attached hydrogens (primary N) is 1. The molecule has 2 N–H and O–H groups in total. The van der Waals surface area contributed by atoms with E-state index >= 15 is 0 Å². The zero-order chi connectivity index (χ0) is 15.1. The summed E-state index contributed by atoms with van der Waals surface area (Å²) in [5.74, 6) is 0.956. The Bertz CT molecular complexity index is 548. The lowest BCUT2D eigenvalue weighted by molar-refractivity contribution is 0.309. The molecule has 2 rings (SSSR count). The SMILES string of the molecule is CCCCOc1ccc(Cc2sc(CCN)nc2C)cc1. The number of unbranched alkanes of at least 4 members (excludes halogenated alkanes) is 1. The molecule has 1 aromatic heterocycles. The van der Waals surface area contributed by atoms with Crippen LogP contribution in [0.25, 0.3) is 0 Å². The van der Waals surface area contributed by atoms with E-state index < -0.39 is 0 Å². The average molecular weight is 304 g/mol. The number of hydrogen-bond donors (Lipinski definition) is 1. The third-order valence-corrected chi connectivity index (χ3v) is 4.57. The second-order valence-electron chi connectivity index (χ2n) is 5.18. The van der Waals surface area contributed by atoms with Gasteiger partial charge in [-0.2, -0.15) is 0 Å². The lowest BCUT2D eigenvalue weighted by Crippen LogP contribution is -2.01. The normalized spacial score (nSPS) is 10.8. The van der Waals surface area contributed by atoms with Gasteiger partial charge in [-0.25, -0.2) is 4.98 Å². The smallest absolute Gasteiger partial charge is 0.119 e. The Hall–Kier alpha value is -1.39. The van der Waals surface area contributed by atoms with Gasteiger partial charge in [-0.05, 0) is 37.6 Å². The molecule has 0 amide bonds. The zero-order valence-corrected chi connectivity index (χ0v) is 13.7. The molecule has 2 aromatic rings. The van der Waals surface area contributed by atoms with Crippen LogP contribution in [0.5, 0.6) is 5.75 Å². The van der Waals surface area contributed by atoms with E-state index in [9.17, 15) is 0 Å². The quantitative estimate of drug-likeness (QED) is 0.756. The molecule has 0 unspecified atom stereocenters. The number of hydrogen-bond acceptors (Lipinski definition) is 4. The summed E-state index contributed by atoms with van der Waals surface area (Å²) in [7, 11) is 0. The maximum atomic E-state index is 5.69. The maximum absolute atomic E-state index is 5.69. The minimum atomic E-state index is 0.663. The third kappa shape index (κ3) is 4.83. The predicted octanol–water partition coefficient (Wildman–Crippen LogP) is 3.72. The minimum absolute atomic E-state index is 0.663. The second kappa shape index (κ2) is 8.15. The molecule has 0 saturated heterocycles. The van der Waals surface area contributed by atoms with Crippen molar-refractivity contribution in [2.45, 2.75) is 39.5 Å². The van der Waals surface area contributed by atoms with E-state index in [0.717, 1.165) is 48.7 Å². The second-order valence-corrected chi connectivity index (χ2v) is 6.35. The maximum Gasteiger partial charge on any atom is 0.119 e. The van der Waals surface area contributed by atoms with Gasteiger partial charge in [0.25, 0.3) is 0 Å². The van der Waals surface area contributed by atoms with Crippen LogP contribution in [0.2, 0.25) is 0 Å². The minimum Gasteiger partial charge on any atom is -0.494 e. The molecule has 0 saturated carbocycles. The Kier molecular flexibility index (Phi) is 6.21. The van der Waals surface area contributed by atoms with Gasteiger partial charge >= 0.3 is 0 Å². The summed E-state index contributed by atoms with van der Waals surface area (Å²) in [6, 6.07) is 8.40. The number of ether oxygens (including phenoxy) is 1. The number of benzene rings is 1. The van der Waals surface area contributed by atoms with Crippen LogP contribution in [0.15, 0.2) is 24.3 Å². The fourth-order valence-electron chi connectivity index (χ4n) is 2.11. The lowest BCUT2D eigenvalue weighted by Gasteiger charge is -2.06. The van der Waals surface area contributed by atoms with Crippen LogP contribution in [-0.4, -0.2) is 18.1 Å². The molecule has 0 aliphatic rings. The number of aryl methyl sites for hydroxylation is 1. The summed E-state index contributed by atoms with van der Waals surface area (Å²) < 4.78 is 5.69. The molecule has 0 radical (unpaired) electrons. The van der Waals surface area contributed by atoms with Crippen molar-refractivity contribution >= 4 is 11.3 Å². The molecule has 114 valence electrons. The van der Waals surface area contributed by atoms with Crippen LogP contribution >= 0.6 is 11.3 Å². The van der Waals surface area contributed by atoms with E-state index in [1.807, 2.05) is 0 Å². The van der Waals surface area contributed by atoms with E-state index in [1.165, 1.54) is 10.4 Å².